The van der Waals surface area contributed by atoms with Crippen LogP contribution in [0.15, 0.2) is 30.3 Å². The third kappa shape index (κ3) is 5.99. The normalized spacial score (nSPS) is 20.7. The number of esters is 1. The summed E-state index contributed by atoms with van der Waals surface area (Å²) in [6.45, 7) is 5.93. The van der Waals surface area contributed by atoms with Gasteiger partial charge in [-0.25, -0.2) is 4.79 Å². The minimum Gasteiger partial charge on any atom is -0.461 e. The minimum atomic E-state index is -0.714. The fourth-order valence-electron chi connectivity index (χ4n) is 4.91. The van der Waals surface area contributed by atoms with E-state index < -0.39 is 23.1 Å². The number of benzene rings is 1. The summed E-state index contributed by atoms with van der Waals surface area (Å²) in [4.78, 5) is 40.4. The molecule has 2 fully saturated rings. The van der Waals surface area contributed by atoms with Crippen molar-refractivity contribution in [3.8, 4) is 0 Å². The van der Waals surface area contributed by atoms with E-state index in [1.165, 1.54) is 29.7 Å². The van der Waals surface area contributed by atoms with Gasteiger partial charge in [0.05, 0.1) is 0 Å². The zero-order valence-corrected chi connectivity index (χ0v) is 20.0. The zero-order valence-electron chi connectivity index (χ0n) is 20.0. The maximum atomic E-state index is 13.2. The summed E-state index contributed by atoms with van der Waals surface area (Å²) in [6, 6.07) is 9.66. The Morgan fingerprint density at radius 1 is 1.03 bits per heavy atom. The van der Waals surface area contributed by atoms with Gasteiger partial charge < -0.3 is 9.64 Å². The number of aryl methyl sites for hydroxylation is 1. The molecular weight excluding hydrogens is 402 g/mol. The van der Waals surface area contributed by atoms with Gasteiger partial charge in [0.15, 0.2) is 0 Å². The highest BCUT2D eigenvalue weighted by Gasteiger charge is 2.42. The topological polar surface area (TPSA) is 63.7 Å². The van der Waals surface area contributed by atoms with Crippen LogP contribution in [0.2, 0.25) is 0 Å². The molecule has 2 atom stereocenters. The van der Waals surface area contributed by atoms with Gasteiger partial charge in [-0.1, -0.05) is 70.4 Å². The first-order chi connectivity index (χ1) is 15.3. The van der Waals surface area contributed by atoms with Gasteiger partial charge in [0, 0.05) is 12.0 Å². The Morgan fingerprint density at radius 2 is 1.72 bits per heavy atom. The summed E-state index contributed by atoms with van der Waals surface area (Å²) in [6.07, 6.45) is 9.19. The van der Waals surface area contributed by atoms with E-state index in [0.717, 1.165) is 32.1 Å². The Kier molecular flexibility index (Phi) is 8.50. The van der Waals surface area contributed by atoms with Crippen molar-refractivity contribution in [2.24, 2.45) is 11.3 Å². The number of Topliss-reactive ketones (excluding diaryl/α,β-unsaturated/α-hetero) is 1. The van der Waals surface area contributed by atoms with E-state index in [4.69, 9.17) is 4.74 Å². The van der Waals surface area contributed by atoms with Crippen LogP contribution in [0.25, 0.3) is 0 Å². The smallest absolute Gasteiger partial charge is 0.329 e. The van der Waals surface area contributed by atoms with Gasteiger partial charge in [-0.3, -0.25) is 9.59 Å². The van der Waals surface area contributed by atoms with Crippen LogP contribution in [0, 0.1) is 11.3 Å². The molecule has 1 heterocycles. The molecule has 5 nitrogen and oxygen atoms in total. The van der Waals surface area contributed by atoms with Crippen LogP contribution in [-0.2, 0) is 25.5 Å². The first-order valence-electron chi connectivity index (χ1n) is 12.4. The van der Waals surface area contributed by atoms with Crippen molar-refractivity contribution in [2.75, 3.05) is 6.54 Å². The summed E-state index contributed by atoms with van der Waals surface area (Å²) in [5.41, 5.74) is 0.531. The van der Waals surface area contributed by atoms with Gasteiger partial charge in [0.25, 0.3) is 5.91 Å². The Balaban J connectivity index is 1.68. The molecule has 0 bridgehead atoms. The standard InChI is InChI=1S/C27H39NO4/c1-4-27(2,3)24(29)25(30)28-19-11-16-22(28)26(31)32-23(21-14-9-6-10-15-21)18-17-20-12-7-5-8-13-20/h5,7-8,12-13,21-23H,4,6,9-11,14-19H2,1-3H3/t22-,23+/m0/s1. The van der Waals surface area contributed by atoms with Gasteiger partial charge >= 0.3 is 5.97 Å². The quantitative estimate of drug-likeness (QED) is 0.395. The number of carbonyl (C=O) groups excluding carboxylic acids is 3. The van der Waals surface area contributed by atoms with Gasteiger partial charge in [-0.05, 0) is 56.4 Å². The van der Waals surface area contributed by atoms with Crippen molar-refractivity contribution in [3.63, 3.8) is 0 Å². The average molecular weight is 442 g/mol. The molecule has 0 spiro atoms. The van der Waals surface area contributed by atoms with E-state index in [1.54, 1.807) is 13.8 Å². The van der Waals surface area contributed by atoms with Crippen LogP contribution in [0.1, 0.15) is 84.1 Å². The first kappa shape index (κ1) is 24.5. The number of ether oxygens (including phenoxy) is 1. The second-order valence-corrected chi connectivity index (χ2v) is 10.1. The average Bonchev–Trinajstić information content (AvgIpc) is 3.32. The lowest BCUT2D eigenvalue weighted by Gasteiger charge is -2.32. The number of carbonyl (C=O) groups is 3. The molecule has 1 aromatic rings. The summed E-state index contributed by atoms with van der Waals surface area (Å²) >= 11 is 0. The van der Waals surface area contributed by atoms with Gasteiger partial charge in [-0.15, -0.1) is 0 Å². The SMILES string of the molecule is CCC(C)(C)C(=O)C(=O)N1CCC[C@H]1C(=O)O[C@H](CCc1ccccc1)C1CCCCC1. The molecular formula is C27H39NO4. The fraction of sp³-hybridized carbons (Fsp3) is 0.667. The Labute approximate surface area is 192 Å². The molecule has 1 saturated carbocycles. The van der Waals surface area contributed by atoms with Crippen molar-refractivity contribution in [1.82, 2.24) is 4.90 Å². The Hall–Kier alpha value is -2.17. The number of ketones is 1. The van der Waals surface area contributed by atoms with Crippen molar-refractivity contribution in [1.29, 1.82) is 0 Å². The number of likely N-dealkylation sites (tertiary alicyclic amines) is 1. The highest BCUT2D eigenvalue weighted by atomic mass is 16.5. The largest absolute Gasteiger partial charge is 0.461 e. The Morgan fingerprint density at radius 3 is 2.38 bits per heavy atom. The number of hydrogen-bond acceptors (Lipinski definition) is 4. The minimum absolute atomic E-state index is 0.136. The number of hydrogen-bond donors (Lipinski definition) is 0. The van der Waals surface area contributed by atoms with Crippen molar-refractivity contribution >= 4 is 17.7 Å². The van der Waals surface area contributed by atoms with Gasteiger partial charge in [0.1, 0.15) is 12.1 Å². The molecule has 32 heavy (non-hydrogen) atoms. The van der Waals surface area contributed by atoms with Crippen molar-refractivity contribution in [3.05, 3.63) is 35.9 Å². The number of rotatable bonds is 9. The molecule has 176 valence electrons. The molecule has 5 heteroatoms. The van der Waals surface area contributed by atoms with Crippen LogP contribution in [0.5, 0.6) is 0 Å². The van der Waals surface area contributed by atoms with E-state index in [1.807, 2.05) is 25.1 Å². The molecule has 1 aromatic carbocycles. The molecule has 1 amide bonds. The highest BCUT2D eigenvalue weighted by Crippen LogP contribution is 2.32. The molecule has 0 N–H and O–H groups in total. The lowest BCUT2D eigenvalue weighted by atomic mass is 9.83. The maximum Gasteiger partial charge on any atom is 0.329 e. The lowest BCUT2D eigenvalue weighted by Crippen LogP contribution is -2.48. The molecule has 1 aliphatic heterocycles. The second-order valence-electron chi connectivity index (χ2n) is 10.1. The predicted octanol–water partition coefficient (Wildman–Crippen LogP) is 5.11. The summed E-state index contributed by atoms with van der Waals surface area (Å²) < 4.78 is 6.12. The molecule has 0 unspecified atom stereocenters. The van der Waals surface area contributed by atoms with Crippen LogP contribution in [-0.4, -0.2) is 41.3 Å². The van der Waals surface area contributed by atoms with E-state index in [9.17, 15) is 14.4 Å². The molecule has 1 aliphatic carbocycles. The van der Waals surface area contributed by atoms with Crippen LogP contribution < -0.4 is 0 Å². The highest BCUT2D eigenvalue weighted by molar-refractivity contribution is 6.38. The number of amides is 1. The second kappa shape index (κ2) is 11.1. The van der Waals surface area contributed by atoms with Crippen LogP contribution in [0.3, 0.4) is 0 Å². The Bertz CT molecular complexity index is 782. The lowest BCUT2D eigenvalue weighted by molar-refractivity contribution is -0.163. The molecule has 0 radical (unpaired) electrons. The third-order valence-corrected chi connectivity index (χ3v) is 7.48. The van der Waals surface area contributed by atoms with E-state index in [0.29, 0.717) is 25.3 Å². The predicted molar refractivity (Wildman–Crippen MR) is 125 cm³/mol. The number of nitrogens with zero attached hydrogens (tertiary/aromatic N) is 1. The van der Waals surface area contributed by atoms with Crippen molar-refractivity contribution < 1.29 is 19.1 Å². The summed E-state index contributed by atoms with van der Waals surface area (Å²) in [5.74, 6) is -0.897. The van der Waals surface area contributed by atoms with Gasteiger partial charge in [0.2, 0.25) is 5.78 Å². The summed E-state index contributed by atoms with van der Waals surface area (Å²) in [7, 11) is 0. The molecule has 1 saturated heterocycles. The molecule has 3 rings (SSSR count). The van der Waals surface area contributed by atoms with Crippen molar-refractivity contribution in [2.45, 2.75) is 97.1 Å². The summed E-state index contributed by atoms with van der Waals surface area (Å²) in [5, 5.41) is 0. The van der Waals surface area contributed by atoms with Crippen LogP contribution >= 0.6 is 0 Å². The molecule has 2 aliphatic rings. The molecule has 0 aromatic heterocycles. The van der Waals surface area contributed by atoms with E-state index in [-0.39, 0.29) is 12.1 Å². The van der Waals surface area contributed by atoms with Crippen LogP contribution in [0.4, 0.5) is 0 Å². The zero-order chi connectivity index (χ0) is 23.1. The maximum absolute atomic E-state index is 13.2. The van der Waals surface area contributed by atoms with E-state index in [2.05, 4.69) is 12.1 Å². The monoisotopic (exact) mass is 441 g/mol. The fourth-order valence-corrected chi connectivity index (χ4v) is 4.91. The van der Waals surface area contributed by atoms with E-state index >= 15 is 0 Å². The first-order valence-corrected chi connectivity index (χ1v) is 12.4. The van der Waals surface area contributed by atoms with Gasteiger partial charge in [-0.2, -0.15) is 0 Å². The third-order valence-electron chi connectivity index (χ3n) is 7.48.